The number of para-hydroxylation sites is 2. The van der Waals surface area contributed by atoms with E-state index in [1.54, 1.807) is 10.8 Å². The lowest BCUT2D eigenvalue weighted by molar-refractivity contribution is 0.0941. The quantitative estimate of drug-likeness (QED) is 0.566. The molecule has 7 heteroatoms. The molecule has 4 aromatic rings. The highest BCUT2D eigenvalue weighted by molar-refractivity contribution is 6.10. The predicted molar refractivity (Wildman–Crippen MR) is 104 cm³/mol. The number of hydrogen-bond acceptors (Lipinski definition) is 5. The summed E-state index contributed by atoms with van der Waals surface area (Å²) in [5.74, 6) is 0.814. The molecule has 27 heavy (non-hydrogen) atoms. The Labute approximate surface area is 156 Å². The van der Waals surface area contributed by atoms with Gasteiger partial charge in [0.2, 0.25) is 0 Å². The van der Waals surface area contributed by atoms with Gasteiger partial charge in [-0.25, -0.2) is 9.97 Å². The first-order valence-corrected chi connectivity index (χ1v) is 8.96. The monoisotopic (exact) mass is 363 g/mol. The van der Waals surface area contributed by atoms with Crippen molar-refractivity contribution < 1.29 is 9.21 Å². The van der Waals surface area contributed by atoms with Gasteiger partial charge in [-0.1, -0.05) is 19.1 Å². The third kappa shape index (κ3) is 3.01. The second-order valence-electron chi connectivity index (χ2n) is 6.59. The molecule has 0 bridgehead atoms. The Hall–Kier alpha value is -3.35. The summed E-state index contributed by atoms with van der Waals surface area (Å²) in [6, 6.07) is 11.3. The summed E-state index contributed by atoms with van der Waals surface area (Å²) in [5, 5.41) is 2.98. The standard InChI is InChI=1S/C20H21N5O2/c1-3-12(2)22-20(26)16-17-19(24-15-9-5-4-8-14(15)23-17)25(18(16)21)11-13-7-6-10-27-13/h4-10,12H,3,11,21H2,1-2H3,(H,22,26)/t12-/m0/s1. The van der Waals surface area contributed by atoms with Gasteiger partial charge < -0.3 is 20.0 Å². The van der Waals surface area contributed by atoms with E-state index in [-0.39, 0.29) is 11.9 Å². The molecule has 0 aliphatic heterocycles. The molecule has 0 saturated carbocycles. The molecule has 0 fully saturated rings. The van der Waals surface area contributed by atoms with Gasteiger partial charge in [-0.15, -0.1) is 0 Å². The number of carbonyl (C=O) groups excluding carboxylic acids is 1. The smallest absolute Gasteiger partial charge is 0.257 e. The highest BCUT2D eigenvalue weighted by Gasteiger charge is 2.25. The molecule has 3 aromatic heterocycles. The highest BCUT2D eigenvalue weighted by atomic mass is 16.3. The normalized spacial score (nSPS) is 12.5. The van der Waals surface area contributed by atoms with Gasteiger partial charge in [-0.05, 0) is 37.6 Å². The van der Waals surface area contributed by atoms with Crippen LogP contribution in [0.15, 0.2) is 47.1 Å². The van der Waals surface area contributed by atoms with E-state index < -0.39 is 0 Å². The molecule has 1 aromatic carbocycles. The van der Waals surface area contributed by atoms with Crippen LogP contribution in [-0.2, 0) is 6.54 Å². The number of hydrogen-bond donors (Lipinski definition) is 2. The van der Waals surface area contributed by atoms with Crippen molar-refractivity contribution in [3.63, 3.8) is 0 Å². The minimum atomic E-state index is -0.241. The Morgan fingerprint density at radius 2 is 1.96 bits per heavy atom. The van der Waals surface area contributed by atoms with E-state index in [1.807, 2.05) is 50.2 Å². The summed E-state index contributed by atoms with van der Waals surface area (Å²) in [6.45, 7) is 4.35. The van der Waals surface area contributed by atoms with Crippen LogP contribution in [0.4, 0.5) is 5.82 Å². The van der Waals surface area contributed by atoms with E-state index in [0.29, 0.717) is 29.1 Å². The summed E-state index contributed by atoms with van der Waals surface area (Å²) < 4.78 is 7.23. The van der Waals surface area contributed by atoms with E-state index >= 15 is 0 Å². The number of carbonyl (C=O) groups is 1. The fraction of sp³-hybridized carbons (Fsp3) is 0.250. The number of nitrogen functional groups attached to an aromatic ring is 1. The highest BCUT2D eigenvalue weighted by Crippen LogP contribution is 2.28. The molecule has 3 heterocycles. The van der Waals surface area contributed by atoms with Gasteiger partial charge in [0, 0.05) is 6.04 Å². The topological polar surface area (TPSA) is 99.0 Å². The Morgan fingerprint density at radius 1 is 1.22 bits per heavy atom. The summed E-state index contributed by atoms with van der Waals surface area (Å²) in [6.07, 6.45) is 2.43. The van der Waals surface area contributed by atoms with Crippen LogP contribution in [0.25, 0.3) is 22.2 Å². The van der Waals surface area contributed by atoms with Crippen LogP contribution in [0.1, 0.15) is 36.4 Å². The number of rotatable bonds is 5. The van der Waals surface area contributed by atoms with Crippen molar-refractivity contribution >= 4 is 33.9 Å². The van der Waals surface area contributed by atoms with Gasteiger partial charge in [0.05, 0.1) is 23.8 Å². The van der Waals surface area contributed by atoms with Crippen LogP contribution >= 0.6 is 0 Å². The maximum Gasteiger partial charge on any atom is 0.257 e. The van der Waals surface area contributed by atoms with Crippen LogP contribution in [-0.4, -0.2) is 26.5 Å². The van der Waals surface area contributed by atoms with Crippen LogP contribution < -0.4 is 11.1 Å². The Bertz CT molecular complexity index is 1110. The lowest BCUT2D eigenvalue weighted by atomic mass is 10.2. The Morgan fingerprint density at radius 3 is 2.63 bits per heavy atom. The van der Waals surface area contributed by atoms with Gasteiger partial charge in [-0.2, -0.15) is 0 Å². The number of benzene rings is 1. The third-order valence-electron chi connectivity index (χ3n) is 4.70. The van der Waals surface area contributed by atoms with E-state index in [1.165, 1.54) is 0 Å². The first-order valence-electron chi connectivity index (χ1n) is 8.96. The van der Waals surface area contributed by atoms with Crippen LogP contribution in [0.2, 0.25) is 0 Å². The van der Waals surface area contributed by atoms with E-state index in [9.17, 15) is 4.79 Å². The molecular weight excluding hydrogens is 342 g/mol. The Kier molecular flexibility index (Phi) is 4.27. The molecule has 4 rings (SSSR count). The predicted octanol–water partition coefficient (Wildman–Crippen LogP) is 3.34. The lowest BCUT2D eigenvalue weighted by Crippen LogP contribution is -2.32. The molecule has 1 atom stereocenters. The van der Waals surface area contributed by atoms with Crippen molar-refractivity contribution in [1.29, 1.82) is 0 Å². The second-order valence-corrected chi connectivity index (χ2v) is 6.59. The number of nitrogens with two attached hydrogens (primary N) is 1. The van der Waals surface area contributed by atoms with E-state index in [0.717, 1.165) is 23.2 Å². The number of nitrogens with zero attached hydrogens (tertiary/aromatic N) is 3. The number of aromatic nitrogens is 3. The molecule has 0 unspecified atom stereocenters. The van der Waals surface area contributed by atoms with E-state index in [2.05, 4.69) is 10.3 Å². The molecule has 7 nitrogen and oxygen atoms in total. The zero-order chi connectivity index (χ0) is 19.0. The van der Waals surface area contributed by atoms with Gasteiger partial charge in [-0.3, -0.25) is 4.79 Å². The minimum absolute atomic E-state index is 0.0359. The average molecular weight is 363 g/mol. The molecule has 0 saturated heterocycles. The van der Waals surface area contributed by atoms with Crippen molar-refractivity contribution in [2.24, 2.45) is 0 Å². The number of amides is 1. The van der Waals surface area contributed by atoms with Gasteiger partial charge in [0.25, 0.3) is 5.91 Å². The molecule has 0 spiro atoms. The van der Waals surface area contributed by atoms with Crippen LogP contribution in [0, 0.1) is 0 Å². The average Bonchev–Trinajstić information content (AvgIpc) is 3.27. The SMILES string of the molecule is CC[C@H](C)NC(=O)c1c(N)n(Cc2ccco2)c2nc3ccccc3nc12. The van der Waals surface area contributed by atoms with Crippen molar-refractivity contribution in [2.45, 2.75) is 32.9 Å². The molecule has 0 radical (unpaired) electrons. The zero-order valence-electron chi connectivity index (χ0n) is 15.3. The second kappa shape index (κ2) is 6.75. The fourth-order valence-electron chi connectivity index (χ4n) is 3.06. The summed E-state index contributed by atoms with van der Waals surface area (Å²) in [5.41, 5.74) is 9.28. The van der Waals surface area contributed by atoms with Crippen molar-refractivity contribution in [2.75, 3.05) is 5.73 Å². The zero-order valence-corrected chi connectivity index (χ0v) is 15.3. The number of nitrogens with one attached hydrogen (secondary N) is 1. The molecular formula is C20H21N5O2. The number of fused-ring (bicyclic) bond motifs is 2. The molecule has 0 aliphatic rings. The first kappa shape index (κ1) is 17.1. The third-order valence-corrected chi connectivity index (χ3v) is 4.70. The number of anilines is 1. The maximum atomic E-state index is 12.9. The molecule has 138 valence electrons. The number of furan rings is 1. The largest absolute Gasteiger partial charge is 0.467 e. The van der Waals surface area contributed by atoms with Crippen LogP contribution in [0.5, 0.6) is 0 Å². The van der Waals surface area contributed by atoms with Gasteiger partial charge in [0.1, 0.15) is 22.7 Å². The lowest BCUT2D eigenvalue weighted by Gasteiger charge is -2.11. The first-order chi connectivity index (χ1) is 13.1. The summed E-state index contributed by atoms with van der Waals surface area (Å²) >= 11 is 0. The van der Waals surface area contributed by atoms with Gasteiger partial charge >= 0.3 is 0 Å². The maximum absolute atomic E-state index is 12.9. The van der Waals surface area contributed by atoms with Gasteiger partial charge in [0.15, 0.2) is 5.65 Å². The van der Waals surface area contributed by atoms with E-state index in [4.69, 9.17) is 15.1 Å². The van der Waals surface area contributed by atoms with Crippen molar-refractivity contribution in [1.82, 2.24) is 19.9 Å². The summed E-state index contributed by atoms with van der Waals surface area (Å²) in [7, 11) is 0. The van der Waals surface area contributed by atoms with Crippen LogP contribution in [0.3, 0.4) is 0 Å². The Balaban J connectivity index is 1.93. The molecule has 1 amide bonds. The van der Waals surface area contributed by atoms with Crippen molar-refractivity contribution in [3.8, 4) is 0 Å². The minimum Gasteiger partial charge on any atom is -0.467 e. The molecule has 3 N–H and O–H groups in total. The fourth-order valence-corrected chi connectivity index (χ4v) is 3.06. The molecule has 0 aliphatic carbocycles. The van der Waals surface area contributed by atoms with Crippen molar-refractivity contribution in [3.05, 3.63) is 54.0 Å². The summed E-state index contributed by atoms with van der Waals surface area (Å²) in [4.78, 5) is 22.3.